The Kier molecular flexibility index (Phi) is 33.6. The zero-order valence-electron chi connectivity index (χ0n) is 32.0. The van der Waals surface area contributed by atoms with Gasteiger partial charge in [0.2, 0.25) is 6.04 Å². The topological polar surface area (TPSA) is 54.4 Å². The van der Waals surface area contributed by atoms with Gasteiger partial charge in [-0.05, 0) is 19.8 Å². The molecule has 0 spiro atoms. The molecule has 1 unspecified atom stereocenters. The van der Waals surface area contributed by atoms with E-state index in [4.69, 9.17) is 0 Å². The van der Waals surface area contributed by atoms with E-state index in [-0.39, 0.29) is 18.2 Å². The van der Waals surface area contributed by atoms with E-state index in [0.29, 0.717) is 30.4 Å². The second kappa shape index (κ2) is 34.1. The molecule has 0 aromatic carbocycles. The van der Waals surface area contributed by atoms with Crippen molar-refractivity contribution < 1.29 is 19.2 Å². The molecule has 46 heavy (non-hydrogen) atoms. The molecule has 4 heteroatoms. The van der Waals surface area contributed by atoms with Crippen LogP contribution in [0.15, 0.2) is 0 Å². The van der Waals surface area contributed by atoms with Gasteiger partial charge in [0.05, 0.1) is 20.2 Å². The summed E-state index contributed by atoms with van der Waals surface area (Å²) in [6.07, 6.45) is 40.3. The summed E-state index contributed by atoms with van der Waals surface area (Å²) < 4.78 is 0.353. The fourth-order valence-electron chi connectivity index (χ4n) is 7.19. The van der Waals surface area contributed by atoms with Crippen LogP contribution in [-0.2, 0) is 9.59 Å². The van der Waals surface area contributed by atoms with Crippen LogP contribution in [0.2, 0.25) is 0 Å². The molecule has 0 aromatic heterocycles. The molecule has 0 saturated carbocycles. The van der Waals surface area contributed by atoms with Crippen LogP contribution < -0.4 is 0 Å². The molecule has 0 aliphatic heterocycles. The Labute approximate surface area is 289 Å². The van der Waals surface area contributed by atoms with Gasteiger partial charge in [-0.1, -0.05) is 194 Å². The Morgan fingerprint density at radius 3 is 0.891 bits per heavy atom. The monoisotopic (exact) mass is 651 g/mol. The number of aliphatic hydroxyl groups excluding tert-OH is 1. The summed E-state index contributed by atoms with van der Waals surface area (Å²) in [5, 5.41) is 9.74. The summed E-state index contributed by atoms with van der Waals surface area (Å²) in [4.78, 5) is 26.9. The van der Waals surface area contributed by atoms with Gasteiger partial charge in [0.15, 0.2) is 11.6 Å². The molecule has 0 aliphatic carbocycles. The van der Waals surface area contributed by atoms with Gasteiger partial charge < -0.3 is 9.59 Å². The van der Waals surface area contributed by atoms with E-state index in [1.165, 1.54) is 167 Å². The van der Waals surface area contributed by atoms with E-state index in [1.54, 1.807) is 0 Å². The van der Waals surface area contributed by atoms with Gasteiger partial charge in [-0.25, -0.2) is 0 Å². The second-order valence-electron chi connectivity index (χ2n) is 15.0. The Morgan fingerprint density at radius 2 is 0.674 bits per heavy atom. The Morgan fingerprint density at radius 1 is 0.435 bits per heavy atom. The zero-order valence-corrected chi connectivity index (χ0v) is 32.0. The van der Waals surface area contributed by atoms with Crippen LogP contribution in [0.25, 0.3) is 0 Å². The number of Topliss-reactive ketones (excluding diaryl/α,β-unsaturated/α-hetero) is 2. The van der Waals surface area contributed by atoms with Crippen LogP contribution >= 0.6 is 0 Å². The normalized spacial score (nSPS) is 13.0. The van der Waals surface area contributed by atoms with E-state index in [0.717, 1.165) is 25.7 Å². The van der Waals surface area contributed by atoms with Crippen molar-refractivity contribution in [2.24, 2.45) is 0 Å². The first-order chi connectivity index (χ1) is 22.5. The molecule has 0 saturated heterocycles. The number of nitrogens with zero attached hydrogens (tertiary/aromatic N) is 1. The van der Waals surface area contributed by atoms with Gasteiger partial charge in [0, 0.05) is 12.8 Å². The first-order valence-corrected chi connectivity index (χ1v) is 21.0. The van der Waals surface area contributed by atoms with Crippen molar-refractivity contribution in [2.75, 3.05) is 26.7 Å². The molecule has 0 amide bonds. The molecule has 0 radical (unpaired) electrons. The molecule has 1 N–H and O–H groups in total. The summed E-state index contributed by atoms with van der Waals surface area (Å²) in [7, 11) is 2.00. The number of rotatable bonds is 38. The molecular weight excluding hydrogens is 566 g/mol. The number of unbranched alkanes of at least 4 members (excludes halogenated alkanes) is 28. The number of quaternary nitrogens is 1. The third-order valence-electron chi connectivity index (χ3n) is 10.6. The number of carbonyl (C=O) groups excluding carboxylic acids is 2. The van der Waals surface area contributed by atoms with Crippen LogP contribution in [0.4, 0.5) is 0 Å². The van der Waals surface area contributed by atoms with Gasteiger partial charge in [0.25, 0.3) is 0 Å². The van der Waals surface area contributed by atoms with Crippen LogP contribution in [0.5, 0.6) is 0 Å². The lowest BCUT2D eigenvalue weighted by Gasteiger charge is -2.38. The van der Waals surface area contributed by atoms with E-state index < -0.39 is 6.04 Å². The highest BCUT2D eigenvalue weighted by molar-refractivity contribution is 6.05. The minimum absolute atomic E-state index is 0.0132. The summed E-state index contributed by atoms with van der Waals surface area (Å²) in [5.41, 5.74) is 0. The summed E-state index contributed by atoms with van der Waals surface area (Å²) in [5.74, 6) is 0.219. The average Bonchev–Trinajstić information content (AvgIpc) is 3.04. The fourth-order valence-corrected chi connectivity index (χ4v) is 7.19. The third kappa shape index (κ3) is 26.2. The second-order valence-corrected chi connectivity index (χ2v) is 15.0. The maximum Gasteiger partial charge on any atom is 0.207 e. The predicted octanol–water partition coefficient (Wildman–Crippen LogP) is 12.5. The third-order valence-corrected chi connectivity index (χ3v) is 10.6. The number of aliphatic hydroxyl groups is 1. The van der Waals surface area contributed by atoms with Crippen LogP contribution in [0.1, 0.15) is 226 Å². The molecule has 0 rings (SSSR count). The van der Waals surface area contributed by atoms with Gasteiger partial charge in [-0.15, -0.1) is 0 Å². The van der Waals surface area contributed by atoms with Crippen molar-refractivity contribution in [1.82, 2.24) is 0 Å². The molecule has 1 atom stereocenters. The molecule has 4 nitrogen and oxygen atoms in total. The van der Waals surface area contributed by atoms with Gasteiger partial charge in [0.1, 0.15) is 6.54 Å². The minimum atomic E-state index is -0.601. The van der Waals surface area contributed by atoms with Gasteiger partial charge in [-0.3, -0.25) is 9.59 Å². The Balaban J connectivity index is 4.12. The van der Waals surface area contributed by atoms with Crippen molar-refractivity contribution >= 4 is 11.6 Å². The lowest BCUT2D eigenvalue weighted by molar-refractivity contribution is -0.914. The molecule has 0 heterocycles. The lowest BCUT2D eigenvalue weighted by Crippen LogP contribution is -2.60. The predicted molar refractivity (Wildman–Crippen MR) is 202 cm³/mol. The van der Waals surface area contributed by atoms with Crippen LogP contribution in [0.3, 0.4) is 0 Å². The van der Waals surface area contributed by atoms with Crippen LogP contribution in [-0.4, -0.2) is 53.9 Å². The zero-order chi connectivity index (χ0) is 34.0. The maximum atomic E-state index is 13.4. The van der Waals surface area contributed by atoms with E-state index >= 15 is 0 Å². The highest BCUT2D eigenvalue weighted by Gasteiger charge is 2.41. The number of likely N-dealkylation sites (N-methyl/N-ethyl adjacent to an activating group) is 1. The quantitative estimate of drug-likeness (QED) is 0.0411. The SMILES string of the molecule is CCCCCCCCCCCCCCCCCC(=O)C(C(=O)CCCCCCCCCCCCCCCCC)[N+](C)(CC)CCO. The smallest absolute Gasteiger partial charge is 0.207 e. The minimum Gasteiger partial charge on any atom is -0.391 e. The molecule has 0 aliphatic rings. The van der Waals surface area contributed by atoms with Crippen LogP contribution in [0, 0.1) is 0 Å². The number of ketones is 2. The van der Waals surface area contributed by atoms with Crippen molar-refractivity contribution in [3.05, 3.63) is 0 Å². The lowest BCUT2D eigenvalue weighted by atomic mass is 9.94. The number of hydrogen-bond acceptors (Lipinski definition) is 3. The van der Waals surface area contributed by atoms with Gasteiger partial charge >= 0.3 is 0 Å². The highest BCUT2D eigenvalue weighted by atomic mass is 16.3. The molecule has 274 valence electrons. The molecule has 0 aromatic rings. The molecule has 0 bridgehead atoms. The largest absolute Gasteiger partial charge is 0.391 e. The van der Waals surface area contributed by atoms with E-state index in [2.05, 4.69) is 13.8 Å². The summed E-state index contributed by atoms with van der Waals surface area (Å²) >= 11 is 0. The molecule has 0 fully saturated rings. The van der Waals surface area contributed by atoms with Crippen molar-refractivity contribution in [3.63, 3.8) is 0 Å². The Bertz CT molecular complexity index is 619. The maximum absolute atomic E-state index is 13.4. The van der Waals surface area contributed by atoms with Crippen molar-refractivity contribution in [1.29, 1.82) is 0 Å². The summed E-state index contributed by atoms with van der Waals surface area (Å²) in [6.45, 7) is 7.78. The Hall–Kier alpha value is -0.740. The van der Waals surface area contributed by atoms with E-state index in [1.807, 2.05) is 14.0 Å². The standard InChI is InChI=1S/C42H84NO3/c1-5-8-10-12-14-16-18-20-22-24-26-28-30-32-34-36-40(45)42(43(4,7-3)38-39-44)41(46)37-35-33-31-29-27-25-23-21-19-17-15-13-11-9-6-2/h42,44H,5-39H2,1-4H3/q+1. The number of hydrogen-bond donors (Lipinski definition) is 1. The number of carbonyl (C=O) groups is 2. The average molecular weight is 651 g/mol. The van der Waals surface area contributed by atoms with E-state index in [9.17, 15) is 14.7 Å². The first-order valence-electron chi connectivity index (χ1n) is 21.0. The van der Waals surface area contributed by atoms with Crippen molar-refractivity contribution in [2.45, 2.75) is 232 Å². The fraction of sp³-hybridized carbons (Fsp3) is 0.952. The first kappa shape index (κ1) is 45.3. The molecular formula is C42H84NO3+. The van der Waals surface area contributed by atoms with Crippen molar-refractivity contribution in [3.8, 4) is 0 Å². The highest BCUT2D eigenvalue weighted by Crippen LogP contribution is 2.20. The van der Waals surface area contributed by atoms with Gasteiger partial charge in [-0.2, -0.15) is 0 Å². The summed E-state index contributed by atoms with van der Waals surface area (Å²) in [6, 6.07) is -0.601.